The third kappa shape index (κ3) is 6.11. The van der Waals surface area contributed by atoms with Gasteiger partial charge in [0.15, 0.2) is 18.1 Å². The molecule has 0 bridgehead atoms. The van der Waals surface area contributed by atoms with Crippen molar-refractivity contribution in [1.29, 1.82) is 5.26 Å². The lowest BCUT2D eigenvalue weighted by atomic mass is 10.1. The van der Waals surface area contributed by atoms with Crippen LogP contribution in [0.1, 0.15) is 23.6 Å². The van der Waals surface area contributed by atoms with E-state index >= 15 is 0 Å². The SMILES string of the molecule is CCOc1cc(/C=C(/C#N)C(=O)Nc2ccc(C)cc2C)ccc1OCC(N)=O. The van der Waals surface area contributed by atoms with Crippen molar-refractivity contribution in [3.05, 3.63) is 58.7 Å². The predicted octanol–water partition coefficient (Wildman–Crippen LogP) is 3.11. The van der Waals surface area contributed by atoms with Crippen LogP contribution in [-0.4, -0.2) is 25.0 Å². The van der Waals surface area contributed by atoms with Gasteiger partial charge in [-0.2, -0.15) is 5.26 Å². The van der Waals surface area contributed by atoms with Crippen LogP contribution < -0.4 is 20.5 Å². The normalized spacial score (nSPS) is 10.8. The Morgan fingerprint density at radius 2 is 1.90 bits per heavy atom. The molecule has 0 radical (unpaired) electrons. The third-order valence-corrected chi connectivity index (χ3v) is 3.94. The highest BCUT2D eigenvalue weighted by Crippen LogP contribution is 2.29. The molecule has 2 aromatic rings. The van der Waals surface area contributed by atoms with Crippen molar-refractivity contribution in [3.8, 4) is 17.6 Å². The molecule has 0 heterocycles. The van der Waals surface area contributed by atoms with Gasteiger partial charge >= 0.3 is 0 Å². The van der Waals surface area contributed by atoms with Crippen LogP contribution in [0.4, 0.5) is 5.69 Å². The second-order valence-electron chi connectivity index (χ2n) is 6.34. The van der Waals surface area contributed by atoms with E-state index in [0.29, 0.717) is 29.4 Å². The lowest BCUT2D eigenvalue weighted by Gasteiger charge is -2.12. The minimum atomic E-state index is -0.605. The number of nitrogens with one attached hydrogen (secondary N) is 1. The highest BCUT2D eigenvalue weighted by molar-refractivity contribution is 6.10. The Balaban J connectivity index is 2.26. The second-order valence-corrected chi connectivity index (χ2v) is 6.34. The molecule has 0 atom stereocenters. The van der Waals surface area contributed by atoms with Gasteiger partial charge in [-0.1, -0.05) is 23.8 Å². The van der Waals surface area contributed by atoms with Gasteiger partial charge in [0, 0.05) is 5.69 Å². The first-order chi connectivity index (χ1) is 13.8. The zero-order valence-corrected chi connectivity index (χ0v) is 16.6. The van der Waals surface area contributed by atoms with E-state index in [1.165, 1.54) is 6.08 Å². The molecule has 2 amide bonds. The maximum absolute atomic E-state index is 12.5. The number of ether oxygens (including phenoxy) is 2. The molecule has 0 saturated carbocycles. The Morgan fingerprint density at radius 1 is 1.14 bits per heavy atom. The van der Waals surface area contributed by atoms with Gasteiger partial charge in [0.25, 0.3) is 11.8 Å². The van der Waals surface area contributed by atoms with Crippen molar-refractivity contribution < 1.29 is 19.1 Å². The number of carbonyl (C=O) groups excluding carboxylic acids is 2. The van der Waals surface area contributed by atoms with E-state index in [2.05, 4.69) is 5.32 Å². The quantitative estimate of drug-likeness (QED) is 0.528. The first-order valence-electron chi connectivity index (χ1n) is 9.02. The van der Waals surface area contributed by atoms with Crippen molar-refractivity contribution in [2.45, 2.75) is 20.8 Å². The molecule has 0 aromatic heterocycles. The Hall–Kier alpha value is -3.79. The molecule has 0 fully saturated rings. The number of nitrogens with zero attached hydrogens (tertiary/aromatic N) is 1. The van der Waals surface area contributed by atoms with Crippen LogP contribution in [0, 0.1) is 25.2 Å². The third-order valence-electron chi connectivity index (χ3n) is 3.94. The molecule has 2 rings (SSSR count). The Labute approximate surface area is 169 Å². The number of hydrogen-bond acceptors (Lipinski definition) is 5. The molecule has 0 aliphatic rings. The van der Waals surface area contributed by atoms with Crippen molar-refractivity contribution in [3.63, 3.8) is 0 Å². The summed E-state index contributed by atoms with van der Waals surface area (Å²) in [5.41, 5.74) is 8.25. The molecule has 0 spiro atoms. The van der Waals surface area contributed by atoms with Crippen LogP contribution in [0.3, 0.4) is 0 Å². The number of carbonyl (C=O) groups is 2. The second kappa shape index (κ2) is 9.95. The molecule has 0 aliphatic heterocycles. The van der Waals surface area contributed by atoms with Gasteiger partial charge in [-0.15, -0.1) is 0 Å². The first kappa shape index (κ1) is 21.5. The lowest BCUT2D eigenvalue weighted by Crippen LogP contribution is -2.20. The molecule has 29 heavy (non-hydrogen) atoms. The zero-order valence-electron chi connectivity index (χ0n) is 16.6. The summed E-state index contributed by atoms with van der Waals surface area (Å²) >= 11 is 0. The van der Waals surface area contributed by atoms with Gasteiger partial charge < -0.3 is 20.5 Å². The summed E-state index contributed by atoms with van der Waals surface area (Å²) < 4.78 is 10.8. The van der Waals surface area contributed by atoms with E-state index in [1.807, 2.05) is 32.0 Å². The Morgan fingerprint density at radius 3 is 2.52 bits per heavy atom. The fourth-order valence-electron chi connectivity index (χ4n) is 2.61. The number of hydrogen-bond donors (Lipinski definition) is 2. The number of benzene rings is 2. The predicted molar refractivity (Wildman–Crippen MR) is 110 cm³/mol. The summed E-state index contributed by atoms with van der Waals surface area (Å²) in [4.78, 5) is 23.5. The van der Waals surface area contributed by atoms with Gasteiger partial charge in [-0.25, -0.2) is 0 Å². The maximum Gasteiger partial charge on any atom is 0.266 e. The summed E-state index contributed by atoms with van der Waals surface area (Å²) in [5.74, 6) is -0.381. The van der Waals surface area contributed by atoms with Gasteiger partial charge in [-0.05, 0) is 56.2 Å². The maximum atomic E-state index is 12.5. The van der Waals surface area contributed by atoms with E-state index in [-0.39, 0.29) is 12.2 Å². The summed E-state index contributed by atoms with van der Waals surface area (Å²) in [6.07, 6.45) is 1.46. The fourth-order valence-corrected chi connectivity index (χ4v) is 2.61. The van der Waals surface area contributed by atoms with Crippen LogP contribution in [0.5, 0.6) is 11.5 Å². The van der Waals surface area contributed by atoms with E-state index < -0.39 is 11.8 Å². The fraction of sp³-hybridized carbons (Fsp3) is 0.227. The molecule has 7 heteroatoms. The molecule has 150 valence electrons. The first-order valence-corrected chi connectivity index (χ1v) is 9.02. The van der Waals surface area contributed by atoms with Crippen molar-refractivity contribution >= 4 is 23.6 Å². The highest BCUT2D eigenvalue weighted by atomic mass is 16.5. The number of aryl methyl sites for hydroxylation is 2. The molecule has 0 saturated heterocycles. The number of primary amides is 1. The van der Waals surface area contributed by atoms with E-state index in [0.717, 1.165) is 11.1 Å². The van der Waals surface area contributed by atoms with Crippen LogP contribution >= 0.6 is 0 Å². The van der Waals surface area contributed by atoms with Gasteiger partial charge in [-0.3, -0.25) is 9.59 Å². The van der Waals surface area contributed by atoms with Crippen molar-refractivity contribution in [1.82, 2.24) is 0 Å². The minimum Gasteiger partial charge on any atom is -0.490 e. The molecular weight excluding hydrogens is 370 g/mol. The van der Waals surface area contributed by atoms with E-state index in [9.17, 15) is 14.9 Å². The van der Waals surface area contributed by atoms with Crippen LogP contribution in [0.25, 0.3) is 6.08 Å². The molecule has 3 N–H and O–H groups in total. The van der Waals surface area contributed by atoms with Crippen molar-refractivity contribution in [2.24, 2.45) is 5.73 Å². The summed E-state index contributed by atoms with van der Waals surface area (Å²) in [7, 11) is 0. The van der Waals surface area contributed by atoms with Gasteiger partial charge in [0.05, 0.1) is 6.61 Å². The average Bonchev–Trinajstić information content (AvgIpc) is 2.67. The number of rotatable bonds is 8. The number of amides is 2. The Kier molecular flexibility index (Phi) is 7.38. The highest BCUT2D eigenvalue weighted by Gasteiger charge is 2.13. The molecule has 7 nitrogen and oxygen atoms in total. The number of anilines is 1. The molecule has 0 aliphatic carbocycles. The monoisotopic (exact) mass is 393 g/mol. The van der Waals surface area contributed by atoms with Crippen molar-refractivity contribution in [2.75, 3.05) is 18.5 Å². The lowest BCUT2D eigenvalue weighted by molar-refractivity contribution is -0.120. The zero-order chi connectivity index (χ0) is 21.4. The average molecular weight is 393 g/mol. The Bertz CT molecular complexity index is 990. The summed E-state index contributed by atoms with van der Waals surface area (Å²) in [5, 5.41) is 12.2. The van der Waals surface area contributed by atoms with E-state index in [1.54, 1.807) is 31.2 Å². The van der Waals surface area contributed by atoms with Gasteiger partial charge in [0.1, 0.15) is 11.6 Å². The van der Waals surface area contributed by atoms with Crippen LogP contribution in [-0.2, 0) is 9.59 Å². The topological polar surface area (TPSA) is 114 Å². The van der Waals surface area contributed by atoms with E-state index in [4.69, 9.17) is 15.2 Å². The smallest absolute Gasteiger partial charge is 0.266 e. The van der Waals surface area contributed by atoms with Crippen LogP contribution in [0.15, 0.2) is 42.0 Å². The van der Waals surface area contributed by atoms with Gasteiger partial charge in [0.2, 0.25) is 0 Å². The molecule has 0 unspecified atom stereocenters. The largest absolute Gasteiger partial charge is 0.490 e. The van der Waals surface area contributed by atoms with Crippen LogP contribution in [0.2, 0.25) is 0 Å². The molecular formula is C22H23N3O4. The standard InChI is InChI=1S/C22H23N3O4/c1-4-28-20-11-16(6-8-19(20)29-13-21(24)26)10-17(12-23)22(27)25-18-7-5-14(2)9-15(18)3/h5-11H,4,13H2,1-3H3,(H2,24,26)(H,25,27)/b17-10-. The minimum absolute atomic E-state index is 0.0572. The summed E-state index contributed by atoms with van der Waals surface area (Å²) in [6.45, 7) is 5.75. The summed E-state index contributed by atoms with van der Waals surface area (Å²) in [6, 6.07) is 12.4. The molecule has 2 aromatic carbocycles. The number of nitriles is 1. The number of nitrogens with two attached hydrogens (primary N) is 1.